The zero-order chi connectivity index (χ0) is 19.8. The van der Waals surface area contributed by atoms with Crippen molar-refractivity contribution in [2.75, 3.05) is 6.26 Å². The number of aromatic carboxylic acids is 1. The fraction of sp³-hybridized carbons (Fsp3) is 0.250. The van der Waals surface area contributed by atoms with E-state index in [0.29, 0.717) is 5.56 Å². The van der Waals surface area contributed by atoms with Gasteiger partial charge in [0.05, 0.1) is 10.5 Å². The topological polar surface area (TPSA) is 76.4 Å². The first kappa shape index (κ1) is 19.1. The van der Waals surface area contributed by atoms with Crippen LogP contribution in [0.5, 0.6) is 0 Å². The van der Waals surface area contributed by atoms with Gasteiger partial charge >= 0.3 is 5.97 Å². The molecule has 0 fully saturated rings. The number of carboxylic acid groups (broad SMARTS) is 1. The van der Waals surface area contributed by atoms with Gasteiger partial charge in [-0.15, -0.1) is 0 Å². The van der Waals surface area contributed by atoms with Crippen LogP contribution in [0.4, 0.5) is 4.39 Å². The van der Waals surface area contributed by atoms with Gasteiger partial charge in [0.1, 0.15) is 5.82 Å². The number of fused-ring (bicyclic) bond motifs is 1. The van der Waals surface area contributed by atoms with E-state index in [-0.39, 0.29) is 17.0 Å². The number of benzene rings is 2. The molecule has 5 nitrogen and oxygen atoms in total. The van der Waals surface area contributed by atoms with E-state index in [1.54, 1.807) is 18.2 Å². The Labute approximate surface area is 157 Å². The van der Waals surface area contributed by atoms with E-state index in [1.165, 1.54) is 12.1 Å². The number of aryl methyl sites for hydroxylation is 1. The van der Waals surface area contributed by atoms with Crippen molar-refractivity contribution < 1.29 is 22.7 Å². The Balaban J connectivity index is 2.16. The molecule has 7 heteroatoms. The van der Waals surface area contributed by atoms with E-state index >= 15 is 0 Å². The monoisotopic (exact) mass is 389 g/mol. The molecule has 27 heavy (non-hydrogen) atoms. The van der Waals surface area contributed by atoms with Crippen molar-refractivity contribution in [2.24, 2.45) is 0 Å². The lowest BCUT2D eigenvalue weighted by atomic mass is 10.1. The van der Waals surface area contributed by atoms with Crippen LogP contribution in [-0.2, 0) is 22.8 Å². The lowest BCUT2D eigenvalue weighted by Gasteiger charge is -2.13. The van der Waals surface area contributed by atoms with Crippen LogP contribution in [0.3, 0.4) is 0 Å². The molecule has 0 amide bonds. The Morgan fingerprint density at radius 2 is 1.89 bits per heavy atom. The average molecular weight is 389 g/mol. The van der Waals surface area contributed by atoms with Crippen LogP contribution in [0.2, 0.25) is 0 Å². The first-order valence-corrected chi connectivity index (χ1v) is 10.4. The maximum Gasteiger partial charge on any atom is 0.336 e. The SMILES string of the molecule is CCCc1cc2cc(S(C)(=O)=O)ccc2n1Cc1ccc(F)cc1C(=O)O. The van der Waals surface area contributed by atoms with Crippen LogP contribution in [0.15, 0.2) is 47.4 Å². The molecule has 3 rings (SSSR count). The third-order valence-corrected chi connectivity index (χ3v) is 5.63. The Bertz CT molecular complexity index is 1130. The highest BCUT2D eigenvalue weighted by Crippen LogP contribution is 2.26. The predicted octanol–water partition coefficient (Wildman–Crippen LogP) is 3.88. The van der Waals surface area contributed by atoms with Crippen molar-refractivity contribution in [2.45, 2.75) is 31.2 Å². The predicted molar refractivity (Wildman–Crippen MR) is 102 cm³/mol. The maximum atomic E-state index is 13.5. The van der Waals surface area contributed by atoms with E-state index in [4.69, 9.17) is 0 Å². The summed E-state index contributed by atoms with van der Waals surface area (Å²) in [7, 11) is -3.32. The van der Waals surface area contributed by atoms with Gasteiger partial charge in [-0.2, -0.15) is 0 Å². The number of aromatic nitrogens is 1. The molecule has 0 aliphatic heterocycles. The van der Waals surface area contributed by atoms with E-state index in [0.717, 1.165) is 41.8 Å². The molecular formula is C20H20FNO4S. The van der Waals surface area contributed by atoms with Crippen LogP contribution in [-0.4, -0.2) is 30.3 Å². The maximum absolute atomic E-state index is 13.5. The van der Waals surface area contributed by atoms with Crippen molar-refractivity contribution in [1.29, 1.82) is 0 Å². The molecular weight excluding hydrogens is 369 g/mol. The molecule has 0 unspecified atom stereocenters. The third-order valence-electron chi connectivity index (χ3n) is 4.52. The lowest BCUT2D eigenvalue weighted by Crippen LogP contribution is -2.10. The molecule has 0 aliphatic rings. The van der Waals surface area contributed by atoms with Gasteiger partial charge in [-0.25, -0.2) is 17.6 Å². The Morgan fingerprint density at radius 1 is 1.15 bits per heavy atom. The highest BCUT2D eigenvalue weighted by atomic mass is 32.2. The number of halogens is 1. The molecule has 1 aromatic heterocycles. The minimum atomic E-state index is -3.32. The highest BCUT2D eigenvalue weighted by Gasteiger charge is 2.16. The smallest absolute Gasteiger partial charge is 0.336 e. The Morgan fingerprint density at radius 3 is 2.52 bits per heavy atom. The summed E-state index contributed by atoms with van der Waals surface area (Å²) in [6, 6.07) is 10.6. The number of hydrogen-bond acceptors (Lipinski definition) is 3. The first-order valence-electron chi connectivity index (χ1n) is 8.54. The summed E-state index contributed by atoms with van der Waals surface area (Å²) >= 11 is 0. The van der Waals surface area contributed by atoms with Crippen LogP contribution < -0.4 is 0 Å². The standard InChI is InChI=1S/C20H20FNO4S/c1-3-4-16-9-14-10-17(27(2,25)26)7-8-19(14)22(16)12-13-5-6-15(21)11-18(13)20(23)24/h5-11H,3-4,12H2,1-2H3,(H,23,24). The quantitative estimate of drug-likeness (QED) is 0.694. The summed E-state index contributed by atoms with van der Waals surface area (Å²) in [4.78, 5) is 11.7. The fourth-order valence-corrected chi connectivity index (χ4v) is 3.90. The average Bonchev–Trinajstić information content (AvgIpc) is 2.92. The minimum Gasteiger partial charge on any atom is -0.478 e. The normalized spacial score (nSPS) is 11.8. The summed E-state index contributed by atoms with van der Waals surface area (Å²) in [5, 5.41) is 10.2. The number of nitrogens with zero attached hydrogens (tertiary/aromatic N) is 1. The molecule has 2 aromatic carbocycles. The van der Waals surface area contributed by atoms with Crippen LogP contribution >= 0.6 is 0 Å². The largest absolute Gasteiger partial charge is 0.478 e. The number of sulfone groups is 1. The van der Waals surface area contributed by atoms with Gasteiger partial charge in [-0.05, 0) is 48.4 Å². The summed E-state index contributed by atoms with van der Waals surface area (Å²) < 4.78 is 39.1. The highest BCUT2D eigenvalue weighted by molar-refractivity contribution is 7.90. The zero-order valence-corrected chi connectivity index (χ0v) is 15.9. The summed E-state index contributed by atoms with van der Waals surface area (Å²) in [6.07, 6.45) is 2.80. The second kappa shape index (κ2) is 7.15. The second-order valence-electron chi connectivity index (χ2n) is 6.57. The summed E-state index contributed by atoms with van der Waals surface area (Å²) in [5.74, 6) is -1.78. The molecule has 3 aromatic rings. The van der Waals surface area contributed by atoms with Gasteiger partial charge in [0.25, 0.3) is 0 Å². The molecule has 0 aliphatic carbocycles. The molecule has 0 radical (unpaired) electrons. The molecule has 0 spiro atoms. The second-order valence-corrected chi connectivity index (χ2v) is 8.59. The molecule has 1 N–H and O–H groups in total. The number of hydrogen-bond donors (Lipinski definition) is 1. The van der Waals surface area contributed by atoms with E-state index in [2.05, 4.69) is 0 Å². The van der Waals surface area contributed by atoms with Crippen LogP contribution in [0.25, 0.3) is 10.9 Å². The van der Waals surface area contributed by atoms with Crippen molar-refractivity contribution in [3.8, 4) is 0 Å². The van der Waals surface area contributed by atoms with E-state index < -0.39 is 21.6 Å². The van der Waals surface area contributed by atoms with Gasteiger partial charge in [0.15, 0.2) is 9.84 Å². The van der Waals surface area contributed by atoms with Crippen LogP contribution in [0.1, 0.15) is 35.0 Å². The van der Waals surface area contributed by atoms with Gasteiger partial charge in [0.2, 0.25) is 0 Å². The number of rotatable bonds is 6. The third kappa shape index (κ3) is 3.88. The number of carboxylic acids is 1. The van der Waals surface area contributed by atoms with Crippen molar-refractivity contribution >= 4 is 26.7 Å². The Hall–Kier alpha value is -2.67. The van der Waals surface area contributed by atoms with Crippen LogP contribution in [0, 0.1) is 5.82 Å². The van der Waals surface area contributed by atoms with Crippen molar-refractivity contribution in [3.05, 3.63) is 65.1 Å². The molecule has 142 valence electrons. The van der Waals surface area contributed by atoms with Gasteiger partial charge < -0.3 is 9.67 Å². The van der Waals surface area contributed by atoms with E-state index in [9.17, 15) is 22.7 Å². The summed E-state index contributed by atoms with van der Waals surface area (Å²) in [5.41, 5.74) is 2.20. The number of carbonyl (C=O) groups is 1. The Kier molecular flexibility index (Phi) is 5.06. The van der Waals surface area contributed by atoms with Crippen molar-refractivity contribution in [1.82, 2.24) is 4.57 Å². The molecule has 0 atom stereocenters. The summed E-state index contributed by atoms with van der Waals surface area (Å²) in [6.45, 7) is 2.30. The van der Waals surface area contributed by atoms with Gasteiger partial charge in [0, 0.05) is 29.4 Å². The lowest BCUT2D eigenvalue weighted by molar-refractivity contribution is 0.0695. The minimum absolute atomic E-state index is 0.0768. The van der Waals surface area contributed by atoms with Crippen molar-refractivity contribution in [3.63, 3.8) is 0 Å². The molecule has 0 saturated heterocycles. The molecule has 0 saturated carbocycles. The fourth-order valence-electron chi connectivity index (χ4n) is 3.24. The van der Waals surface area contributed by atoms with E-state index in [1.807, 2.05) is 17.6 Å². The van der Waals surface area contributed by atoms with Gasteiger partial charge in [-0.3, -0.25) is 0 Å². The van der Waals surface area contributed by atoms with Gasteiger partial charge in [-0.1, -0.05) is 19.4 Å². The molecule has 1 heterocycles. The first-order chi connectivity index (χ1) is 12.7. The zero-order valence-electron chi connectivity index (χ0n) is 15.1. The molecule has 0 bridgehead atoms.